The zero-order valence-electron chi connectivity index (χ0n) is 11.3. The van der Waals surface area contributed by atoms with Gasteiger partial charge in [0.25, 0.3) is 6.01 Å². The maximum atomic E-state index is 11.4. The molecule has 9 heteroatoms. The second kappa shape index (κ2) is 6.55. The van der Waals surface area contributed by atoms with E-state index in [1.807, 2.05) is 0 Å². The minimum Gasteiger partial charge on any atom is -0.476 e. The van der Waals surface area contributed by atoms with Gasteiger partial charge in [0, 0.05) is 19.3 Å². The van der Waals surface area contributed by atoms with E-state index in [1.54, 1.807) is 11.5 Å². The smallest absolute Gasteiger partial charge is 0.360 e. The van der Waals surface area contributed by atoms with Crippen LogP contribution in [-0.4, -0.2) is 44.7 Å². The topological polar surface area (TPSA) is 119 Å². The molecule has 2 N–H and O–H groups in total. The van der Waals surface area contributed by atoms with Crippen LogP contribution in [0.25, 0.3) is 0 Å². The van der Waals surface area contributed by atoms with Gasteiger partial charge in [-0.2, -0.15) is 4.98 Å². The number of carboxylic acids is 1. The molecule has 0 unspecified atom stereocenters. The number of carbonyl (C=O) groups excluding carboxylic acids is 1. The Morgan fingerprint density at radius 3 is 2.95 bits per heavy atom. The number of hydrogen-bond acceptors (Lipinski definition) is 7. The minimum atomic E-state index is -1.08. The fourth-order valence-corrected chi connectivity index (χ4v) is 1.54. The zero-order valence-corrected chi connectivity index (χ0v) is 11.3. The molecule has 0 aromatic carbocycles. The average Bonchev–Trinajstić information content (AvgIpc) is 3.08. The van der Waals surface area contributed by atoms with Gasteiger partial charge in [-0.15, -0.1) is 0 Å². The number of rotatable bonds is 7. The molecule has 0 aliphatic rings. The van der Waals surface area contributed by atoms with Crippen LogP contribution in [0.1, 0.15) is 27.9 Å². The molecule has 0 bridgehead atoms. The Labute approximate surface area is 119 Å². The first-order valence-corrected chi connectivity index (χ1v) is 6.21. The molecule has 2 aromatic rings. The van der Waals surface area contributed by atoms with E-state index in [9.17, 15) is 9.59 Å². The summed E-state index contributed by atoms with van der Waals surface area (Å²) in [5, 5.41) is 11.6. The molecule has 2 heterocycles. The number of esters is 1. The first-order valence-electron chi connectivity index (χ1n) is 6.21. The van der Waals surface area contributed by atoms with Crippen LogP contribution in [0.5, 0.6) is 0 Å². The molecule has 0 aliphatic heterocycles. The van der Waals surface area contributed by atoms with E-state index in [1.165, 1.54) is 18.8 Å². The van der Waals surface area contributed by atoms with Gasteiger partial charge in [0.05, 0.1) is 12.9 Å². The van der Waals surface area contributed by atoms with Gasteiger partial charge in [0.2, 0.25) is 0 Å². The number of ether oxygens (including phenoxy) is 1. The van der Waals surface area contributed by atoms with Crippen LogP contribution in [0.3, 0.4) is 0 Å². The summed E-state index contributed by atoms with van der Waals surface area (Å²) in [6.45, 7) is 2.87. The molecular formula is C12H14N4O5. The maximum absolute atomic E-state index is 11.4. The fourth-order valence-electron chi connectivity index (χ4n) is 1.54. The summed E-state index contributed by atoms with van der Waals surface area (Å²) in [7, 11) is 0. The van der Waals surface area contributed by atoms with Crippen molar-refractivity contribution in [2.75, 3.05) is 18.5 Å². The number of carbonyl (C=O) groups is 2. The minimum absolute atomic E-state index is 0.0179. The Hall–Kier alpha value is -2.84. The van der Waals surface area contributed by atoms with E-state index in [0.717, 1.165) is 0 Å². The van der Waals surface area contributed by atoms with Crippen molar-refractivity contribution in [1.82, 2.24) is 14.5 Å². The number of oxazole rings is 1. The first kappa shape index (κ1) is 14.6. The van der Waals surface area contributed by atoms with Crippen LogP contribution in [0.4, 0.5) is 6.01 Å². The molecule has 0 saturated carbocycles. The molecule has 0 aliphatic carbocycles. The normalized spacial score (nSPS) is 10.3. The van der Waals surface area contributed by atoms with Crippen molar-refractivity contribution in [2.24, 2.45) is 0 Å². The van der Waals surface area contributed by atoms with Gasteiger partial charge in [-0.05, 0) is 6.92 Å². The summed E-state index contributed by atoms with van der Waals surface area (Å²) in [6, 6.07) is 0.191. The van der Waals surface area contributed by atoms with E-state index in [0.29, 0.717) is 13.1 Å². The number of anilines is 1. The Bertz CT molecular complexity index is 633. The van der Waals surface area contributed by atoms with Crippen LogP contribution in [0.15, 0.2) is 23.2 Å². The number of imidazole rings is 1. The number of nitrogens with one attached hydrogen (secondary N) is 1. The van der Waals surface area contributed by atoms with Crippen molar-refractivity contribution in [1.29, 1.82) is 0 Å². The summed E-state index contributed by atoms with van der Waals surface area (Å²) < 4.78 is 11.5. The Kier molecular flexibility index (Phi) is 4.54. The lowest BCUT2D eigenvalue weighted by molar-refractivity contribution is 0.0519. The van der Waals surface area contributed by atoms with Gasteiger partial charge in [0.1, 0.15) is 6.26 Å². The molecule has 0 saturated heterocycles. The largest absolute Gasteiger partial charge is 0.476 e. The molecule has 112 valence electrons. The second-order valence-electron chi connectivity index (χ2n) is 3.99. The van der Waals surface area contributed by atoms with Crippen molar-refractivity contribution in [3.05, 3.63) is 30.2 Å². The molecule has 0 radical (unpaired) electrons. The zero-order chi connectivity index (χ0) is 15.2. The Morgan fingerprint density at radius 2 is 2.29 bits per heavy atom. The summed E-state index contributed by atoms with van der Waals surface area (Å²) in [5.74, 6) is -1.62. The van der Waals surface area contributed by atoms with Crippen molar-refractivity contribution < 1.29 is 23.8 Å². The number of aromatic nitrogens is 3. The molecule has 0 spiro atoms. The molecule has 2 aromatic heterocycles. The lowest BCUT2D eigenvalue weighted by atomic mass is 10.5. The van der Waals surface area contributed by atoms with Gasteiger partial charge >= 0.3 is 11.9 Å². The number of aromatic carboxylic acids is 1. The molecule has 0 atom stereocenters. The van der Waals surface area contributed by atoms with E-state index in [2.05, 4.69) is 15.3 Å². The Morgan fingerprint density at radius 1 is 1.48 bits per heavy atom. The van der Waals surface area contributed by atoms with E-state index in [-0.39, 0.29) is 24.0 Å². The molecule has 0 amide bonds. The van der Waals surface area contributed by atoms with Crippen molar-refractivity contribution in [3.8, 4) is 0 Å². The van der Waals surface area contributed by atoms with Gasteiger partial charge in [-0.3, -0.25) is 0 Å². The molecule has 21 heavy (non-hydrogen) atoms. The van der Waals surface area contributed by atoms with Gasteiger partial charge < -0.3 is 24.1 Å². The number of carboxylic acid groups (broad SMARTS) is 1. The van der Waals surface area contributed by atoms with Crippen molar-refractivity contribution >= 4 is 18.0 Å². The number of hydrogen-bond donors (Lipinski definition) is 2. The maximum Gasteiger partial charge on any atom is 0.360 e. The van der Waals surface area contributed by atoms with Crippen LogP contribution in [0.2, 0.25) is 0 Å². The number of nitrogens with zero attached hydrogens (tertiary/aromatic N) is 3. The third-order valence-electron chi connectivity index (χ3n) is 2.49. The van der Waals surface area contributed by atoms with Gasteiger partial charge in [-0.1, -0.05) is 0 Å². The van der Waals surface area contributed by atoms with Crippen LogP contribution in [-0.2, 0) is 11.3 Å². The fraction of sp³-hybridized carbons (Fsp3) is 0.333. The highest BCUT2D eigenvalue weighted by Crippen LogP contribution is 2.08. The average molecular weight is 294 g/mol. The monoisotopic (exact) mass is 294 g/mol. The predicted molar refractivity (Wildman–Crippen MR) is 70.1 cm³/mol. The molecule has 2 rings (SSSR count). The summed E-state index contributed by atoms with van der Waals surface area (Å²) in [4.78, 5) is 29.7. The predicted octanol–water partition coefficient (Wildman–Crippen LogP) is 0.858. The standard InChI is InChI=1S/C12H14N4O5/c1-2-20-11(19)9-6-21-12(15-9)13-3-4-16-5-8(10(17)18)14-7-16/h5-7H,2-4H2,1H3,(H,13,15)(H,17,18). The van der Waals surface area contributed by atoms with Crippen LogP contribution < -0.4 is 5.32 Å². The second-order valence-corrected chi connectivity index (χ2v) is 3.99. The van der Waals surface area contributed by atoms with E-state index < -0.39 is 11.9 Å². The van der Waals surface area contributed by atoms with Gasteiger partial charge in [0.15, 0.2) is 11.4 Å². The van der Waals surface area contributed by atoms with Crippen molar-refractivity contribution in [2.45, 2.75) is 13.5 Å². The highest BCUT2D eigenvalue weighted by Gasteiger charge is 2.12. The van der Waals surface area contributed by atoms with Crippen molar-refractivity contribution in [3.63, 3.8) is 0 Å². The molecule has 0 fully saturated rings. The third-order valence-corrected chi connectivity index (χ3v) is 2.49. The summed E-state index contributed by atoms with van der Waals surface area (Å²) in [6.07, 6.45) is 4.05. The Balaban J connectivity index is 1.83. The third kappa shape index (κ3) is 3.81. The lowest BCUT2D eigenvalue weighted by Gasteiger charge is -2.02. The lowest BCUT2D eigenvalue weighted by Crippen LogP contribution is -2.10. The highest BCUT2D eigenvalue weighted by atomic mass is 16.5. The van der Waals surface area contributed by atoms with Crippen LogP contribution in [0, 0.1) is 0 Å². The quantitative estimate of drug-likeness (QED) is 0.721. The summed E-state index contributed by atoms with van der Waals surface area (Å²) >= 11 is 0. The first-order chi connectivity index (χ1) is 10.1. The highest BCUT2D eigenvalue weighted by molar-refractivity contribution is 5.87. The van der Waals surface area contributed by atoms with E-state index >= 15 is 0 Å². The molecule has 9 nitrogen and oxygen atoms in total. The SMILES string of the molecule is CCOC(=O)c1coc(NCCn2cnc(C(=O)O)c2)n1. The van der Waals surface area contributed by atoms with E-state index in [4.69, 9.17) is 14.3 Å². The summed E-state index contributed by atoms with van der Waals surface area (Å²) in [5.41, 5.74) is 0.0749. The molecular weight excluding hydrogens is 280 g/mol. The van der Waals surface area contributed by atoms with Gasteiger partial charge in [-0.25, -0.2) is 14.6 Å². The van der Waals surface area contributed by atoms with Crippen LogP contribution >= 0.6 is 0 Å².